The second-order valence-corrected chi connectivity index (χ2v) is 15.2. The number of esters is 1. The van der Waals surface area contributed by atoms with Crippen LogP contribution in [-0.4, -0.2) is 100 Å². The molecule has 0 unspecified atom stereocenters. The van der Waals surface area contributed by atoms with Crippen molar-refractivity contribution in [1.29, 1.82) is 0 Å². The second kappa shape index (κ2) is 25.3. The minimum atomic E-state index is -1.87. The lowest BCUT2D eigenvalue weighted by molar-refractivity contribution is -0.166. The molecule has 0 spiro atoms. The number of halogens is 2. The monoisotopic (exact) mass is 890 g/mol. The molecule has 0 aliphatic heterocycles. The standard InChI is InChI=1S/C41H52ClFN6O13/c1-23(46-31(51)17-14-24-13-15-26(43)22-27(24)42)37(55)48-28(36(44)54)16-18-32(52)47-29(38(56)57)12-8-9-21-45-30(50)19-20-33(53)61-35(39(58)59)34(25-10-6-5-7-11-25)49-40(60)62-41(2,3)4/h5-7,10-11,13-15,17,22-23,28-29,34-35H,8-9,12,16,18-21H2,1-4H3,(H2,44,54)(H,45,50)(H,46,51)(H,47,52)(H,48,55)(H,49,60)(H,56,57)(H,58,59)/b17-14+/t23-,28+,29-,34-,35+/m0/s1. The van der Waals surface area contributed by atoms with Crippen molar-refractivity contribution in [2.45, 2.75) is 109 Å². The third-order valence-electron chi connectivity index (χ3n) is 8.52. The van der Waals surface area contributed by atoms with Gasteiger partial charge in [0.15, 0.2) is 0 Å². The summed E-state index contributed by atoms with van der Waals surface area (Å²) in [5.74, 6) is -8.34. The summed E-state index contributed by atoms with van der Waals surface area (Å²) in [4.78, 5) is 111. The van der Waals surface area contributed by atoms with Crippen molar-refractivity contribution >= 4 is 71.2 Å². The number of carbonyl (C=O) groups is 9. The molecular weight excluding hydrogens is 839 g/mol. The lowest BCUT2D eigenvalue weighted by Crippen LogP contribution is -2.52. The first-order chi connectivity index (χ1) is 29.1. The number of carboxylic acid groups (broad SMARTS) is 2. The number of hydrogen-bond acceptors (Lipinski definition) is 11. The van der Waals surface area contributed by atoms with Crippen LogP contribution in [0.1, 0.15) is 89.8 Å². The van der Waals surface area contributed by atoms with E-state index in [1.54, 1.807) is 39.0 Å². The highest BCUT2D eigenvalue weighted by molar-refractivity contribution is 6.32. The average Bonchev–Trinajstić information content (AvgIpc) is 3.18. The van der Waals surface area contributed by atoms with E-state index in [0.29, 0.717) is 11.1 Å². The summed E-state index contributed by atoms with van der Waals surface area (Å²) < 4.78 is 23.7. The number of hydrogen-bond donors (Lipinski definition) is 8. The third kappa shape index (κ3) is 19.7. The van der Waals surface area contributed by atoms with Crippen molar-refractivity contribution < 1.29 is 67.2 Å². The van der Waals surface area contributed by atoms with Gasteiger partial charge in [0.25, 0.3) is 0 Å². The first-order valence-electron chi connectivity index (χ1n) is 19.3. The maximum atomic E-state index is 13.2. The zero-order valence-corrected chi connectivity index (χ0v) is 35.3. The number of carbonyl (C=O) groups excluding carboxylic acids is 7. The molecule has 2 aromatic carbocycles. The van der Waals surface area contributed by atoms with Gasteiger partial charge in [-0.25, -0.2) is 18.8 Å². The molecule has 0 fully saturated rings. The van der Waals surface area contributed by atoms with E-state index in [-0.39, 0.29) is 43.7 Å². The molecule has 0 bridgehead atoms. The Bertz CT molecular complexity index is 1960. The smallest absolute Gasteiger partial charge is 0.408 e. The summed E-state index contributed by atoms with van der Waals surface area (Å²) in [6.45, 7) is 6.24. The molecule has 0 heterocycles. The van der Waals surface area contributed by atoms with E-state index in [1.165, 1.54) is 31.2 Å². The lowest BCUT2D eigenvalue weighted by atomic mass is 10.0. The Kier molecular flexibility index (Phi) is 21.0. The number of nitrogens with one attached hydrogen (secondary N) is 5. The highest BCUT2D eigenvalue weighted by Crippen LogP contribution is 2.22. The van der Waals surface area contributed by atoms with E-state index in [9.17, 15) is 57.8 Å². The number of benzene rings is 2. The number of unbranched alkanes of at least 4 members (excludes halogenated alkanes) is 1. The van der Waals surface area contributed by atoms with Gasteiger partial charge in [0.05, 0.1) is 11.4 Å². The quantitative estimate of drug-likeness (QED) is 0.0428. The number of aliphatic carboxylic acids is 2. The van der Waals surface area contributed by atoms with E-state index >= 15 is 0 Å². The Hall–Kier alpha value is -6.57. The van der Waals surface area contributed by atoms with Crippen LogP contribution in [0.2, 0.25) is 5.02 Å². The maximum absolute atomic E-state index is 13.2. The molecule has 19 nitrogen and oxygen atoms in total. The van der Waals surface area contributed by atoms with Crippen molar-refractivity contribution in [2.75, 3.05) is 6.54 Å². The van der Waals surface area contributed by atoms with Gasteiger partial charge in [0.2, 0.25) is 35.6 Å². The molecule has 0 aliphatic rings. The Balaban J connectivity index is 1.79. The highest BCUT2D eigenvalue weighted by Gasteiger charge is 2.36. The molecule has 0 saturated carbocycles. The van der Waals surface area contributed by atoms with Gasteiger partial charge in [-0.15, -0.1) is 0 Å². The third-order valence-corrected chi connectivity index (χ3v) is 8.84. The highest BCUT2D eigenvalue weighted by atomic mass is 35.5. The molecule has 0 radical (unpaired) electrons. The second-order valence-electron chi connectivity index (χ2n) is 14.8. The molecule has 0 aliphatic carbocycles. The van der Waals surface area contributed by atoms with Gasteiger partial charge in [-0.05, 0) is 82.7 Å². The minimum Gasteiger partial charge on any atom is -0.480 e. The molecule has 338 valence electrons. The van der Waals surface area contributed by atoms with E-state index in [4.69, 9.17) is 26.8 Å². The molecular formula is C41H52ClFN6O13. The van der Waals surface area contributed by atoms with E-state index in [0.717, 1.165) is 18.2 Å². The summed E-state index contributed by atoms with van der Waals surface area (Å²) in [6.07, 6.45) is -1.56. The topological polar surface area (TPSA) is 299 Å². The van der Waals surface area contributed by atoms with Crippen LogP contribution in [0, 0.1) is 5.82 Å². The zero-order valence-electron chi connectivity index (χ0n) is 34.5. The van der Waals surface area contributed by atoms with Crippen molar-refractivity contribution in [1.82, 2.24) is 26.6 Å². The molecule has 5 atom stereocenters. The fourth-order valence-corrected chi connectivity index (χ4v) is 5.64. The maximum Gasteiger partial charge on any atom is 0.408 e. The average molecular weight is 891 g/mol. The van der Waals surface area contributed by atoms with Crippen LogP contribution >= 0.6 is 11.6 Å². The normalized spacial score (nSPS) is 13.6. The zero-order chi connectivity index (χ0) is 46.6. The van der Waals surface area contributed by atoms with Crippen LogP contribution in [-0.2, 0) is 47.8 Å². The van der Waals surface area contributed by atoms with Crippen molar-refractivity contribution in [2.24, 2.45) is 5.73 Å². The number of alkyl carbamates (subject to hydrolysis) is 1. The number of amides is 6. The molecule has 21 heteroatoms. The predicted molar refractivity (Wildman–Crippen MR) is 220 cm³/mol. The largest absolute Gasteiger partial charge is 0.480 e. The Morgan fingerprint density at radius 2 is 1.50 bits per heavy atom. The summed E-state index contributed by atoms with van der Waals surface area (Å²) in [6, 6.07) is 6.32. The molecule has 2 rings (SSSR count). The first-order valence-corrected chi connectivity index (χ1v) is 19.7. The van der Waals surface area contributed by atoms with Gasteiger partial charge in [-0.3, -0.25) is 28.8 Å². The fourth-order valence-electron chi connectivity index (χ4n) is 5.41. The summed E-state index contributed by atoms with van der Waals surface area (Å²) in [7, 11) is 0. The first kappa shape index (κ1) is 51.6. The Morgan fingerprint density at radius 1 is 0.823 bits per heavy atom. The Labute approximate surface area is 361 Å². The number of carboxylic acids is 2. The number of nitrogens with two attached hydrogens (primary N) is 1. The Morgan fingerprint density at radius 3 is 2.10 bits per heavy atom. The summed E-state index contributed by atoms with van der Waals surface area (Å²) in [5, 5.41) is 31.6. The van der Waals surface area contributed by atoms with E-state index < -0.39 is 108 Å². The van der Waals surface area contributed by atoms with Crippen LogP contribution < -0.4 is 32.3 Å². The van der Waals surface area contributed by atoms with Crippen LogP contribution in [0.25, 0.3) is 6.08 Å². The minimum absolute atomic E-state index is 0.0469. The number of ether oxygens (including phenoxy) is 2. The number of primary amides is 1. The van der Waals surface area contributed by atoms with Crippen molar-refractivity contribution in [3.8, 4) is 0 Å². The van der Waals surface area contributed by atoms with Crippen LogP contribution in [0.5, 0.6) is 0 Å². The van der Waals surface area contributed by atoms with E-state index in [2.05, 4.69) is 26.6 Å². The van der Waals surface area contributed by atoms with Crippen LogP contribution in [0.4, 0.5) is 9.18 Å². The predicted octanol–water partition coefficient (Wildman–Crippen LogP) is 2.65. The molecule has 0 saturated heterocycles. The summed E-state index contributed by atoms with van der Waals surface area (Å²) >= 11 is 5.93. The summed E-state index contributed by atoms with van der Waals surface area (Å²) in [5.41, 5.74) is 5.15. The molecule has 9 N–H and O–H groups in total. The van der Waals surface area contributed by atoms with Crippen molar-refractivity contribution in [3.63, 3.8) is 0 Å². The fraction of sp³-hybridized carbons (Fsp3) is 0.439. The van der Waals surface area contributed by atoms with Crippen molar-refractivity contribution in [3.05, 3.63) is 76.6 Å². The molecule has 0 aromatic heterocycles. The van der Waals surface area contributed by atoms with Crippen LogP contribution in [0.15, 0.2) is 54.6 Å². The van der Waals surface area contributed by atoms with Gasteiger partial charge in [0.1, 0.15) is 35.6 Å². The van der Waals surface area contributed by atoms with Gasteiger partial charge in [-0.2, -0.15) is 0 Å². The number of rotatable bonds is 24. The lowest BCUT2D eigenvalue weighted by Gasteiger charge is -2.27. The van der Waals surface area contributed by atoms with Gasteiger partial charge in [0, 0.05) is 25.5 Å². The molecule has 2 aromatic rings. The SMILES string of the molecule is C[C@H](NC(=O)/C=C/c1ccc(F)cc1Cl)C(=O)N[C@H](CCC(=O)N[C@@H](CCCCNC(=O)CCC(=O)O[C@@H](C(=O)O)[C@@H](NC(=O)OC(C)(C)C)c1ccccc1)C(=O)O)C(N)=O. The van der Waals surface area contributed by atoms with Crippen LogP contribution in [0.3, 0.4) is 0 Å². The van der Waals surface area contributed by atoms with E-state index in [1.807, 2.05) is 0 Å². The van der Waals surface area contributed by atoms with Gasteiger partial charge < -0.3 is 52.0 Å². The molecule has 62 heavy (non-hydrogen) atoms. The van der Waals surface area contributed by atoms with Gasteiger partial charge in [-0.1, -0.05) is 48.0 Å². The van der Waals surface area contributed by atoms with Gasteiger partial charge >= 0.3 is 24.0 Å². The molecule has 6 amide bonds.